The van der Waals surface area contributed by atoms with E-state index in [1.165, 1.54) is 23.1 Å². The Balaban J connectivity index is 1.76. The van der Waals surface area contributed by atoms with Crippen molar-refractivity contribution in [2.75, 3.05) is 11.4 Å². The molecule has 1 aliphatic heterocycles. The van der Waals surface area contributed by atoms with Gasteiger partial charge in [0.25, 0.3) is 0 Å². The van der Waals surface area contributed by atoms with Gasteiger partial charge in [-0.05, 0) is 53.9 Å². The third kappa shape index (κ3) is 5.75. The van der Waals surface area contributed by atoms with Crippen molar-refractivity contribution in [1.29, 1.82) is 0 Å². The molecule has 2 aromatic carbocycles. The fraction of sp³-hybridized carbons (Fsp3) is 0.333. The number of halogens is 6. The van der Waals surface area contributed by atoms with Crippen LogP contribution in [0.3, 0.4) is 0 Å². The van der Waals surface area contributed by atoms with E-state index in [0.717, 1.165) is 0 Å². The molecule has 6 nitrogen and oxygen atoms in total. The Hall–Kier alpha value is -3.28. The monoisotopic (exact) mass is 476 g/mol. The number of hydrogen-bond donors (Lipinski definition) is 2. The summed E-state index contributed by atoms with van der Waals surface area (Å²) < 4.78 is 83.4. The molecule has 3 N–H and O–H groups in total. The van der Waals surface area contributed by atoms with Gasteiger partial charge in [0, 0.05) is 12.2 Å². The number of hydrogen-bond acceptors (Lipinski definition) is 4. The number of carbonyl (C=O) groups is 2. The molecule has 0 fully saturated rings. The van der Waals surface area contributed by atoms with E-state index in [2.05, 4.69) is 0 Å². The van der Waals surface area contributed by atoms with Gasteiger partial charge in [-0.3, -0.25) is 9.59 Å². The maximum atomic E-state index is 13.0. The summed E-state index contributed by atoms with van der Waals surface area (Å²) in [6.07, 6.45) is -10.1. The maximum Gasteiger partial charge on any atom is 0.416 e. The molecule has 3 rings (SSSR count). The van der Waals surface area contributed by atoms with Crippen LogP contribution in [0, 0.1) is 0 Å². The molecule has 33 heavy (non-hydrogen) atoms. The van der Waals surface area contributed by atoms with E-state index < -0.39 is 54.4 Å². The van der Waals surface area contributed by atoms with Gasteiger partial charge in [0.05, 0.1) is 23.6 Å². The van der Waals surface area contributed by atoms with E-state index in [9.17, 15) is 35.9 Å². The van der Waals surface area contributed by atoms with Gasteiger partial charge in [0.2, 0.25) is 5.91 Å². The lowest BCUT2D eigenvalue weighted by Crippen LogP contribution is -2.44. The molecule has 0 aromatic heterocycles. The lowest BCUT2D eigenvalue weighted by Gasteiger charge is -2.21. The van der Waals surface area contributed by atoms with Crippen LogP contribution >= 0.6 is 0 Å². The fourth-order valence-electron chi connectivity index (χ4n) is 3.44. The number of carboxylic acids is 1. The Bertz CT molecular complexity index is 1040. The second kappa shape index (κ2) is 8.93. The first-order chi connectivity index (χ1) is 15.3. The van der Waals surface area contributed by atoms with Crippen molar-refractivity contribution in [3.63, 3.8) is 0 Å². The van der Waals surface area contributed by atoms with E-state index in [1.807, 2.05) is 0 Å². The second-order valence-corrected chi connectivity index (χ2v) is 7.44. The molecule has 178 valence electrons. The number of benzene rings is 2. The standard InChI is InChI=1S/C21H18F6N2O4/c22-20(23,24)13-5-11(6-14(8-13)21(25,26)27)10-33-15-1-2-17-12(7-15)3-4-29(17)19(32)16(28)9-18(30)31/h1-2,5-8,16H,3-4,9-10,28H2,(H,30,31)/t16-/m1/s1. The summed E-state index contributed by atoms with van der Waals surface area (Å²) in [5.74, 6) is -1.61. The number of nitrogens with zero attached hydrogens (tertiary/aromatic N) is 1. The molecule has 1 aliphatic rings. The summed E-state index contributed by atoms with van der Waals surface area (Å²) in [5.41, 5.74) is 3.57. The zero-order chi connectivity index (χ0) is 24.6. The summed E-state index contributed by atoms with van der Waals surface area (Å²) in [5, 5.41) is 8.79. The number of nitrogens with two attached hydrogens (primary N) is 1. The zero-order valence-electron chi connectivity index (χ0n) is 16.8. The van der Waals surface area contributed by atoms with Crippen LogP contribution in [0.15, 0.2) is 36.4 Å². The number of ether oxygens (including phenoxy) is 1. The topological polar surface area (TPSA) is 92.9 Å². The molecule has 1 atom stereocenters. The molecule has 0 spiro atoms. The number of carbonyl (C=O) groups excluding carboxylic acids is 1. The van der Waals surface area contributed by atoms with Crippen molar-refractivity contribution in [3.8, 4) is 5.75 Å². The predicted molar refractivity (Wildman–Crippen MR) is 104 cm³/mol. The Morgan fingerprint density at radius 1 is 1.03 bits per heavy atom. The smallest absolute Gasteiger partial charge is 0.416 e. The molecule has 12 heteroatoms. The number of carboxylic acid groups (broad SMARTS) is 1. The summed E-state index contributed by atoms with van der Waals surface area (Å²) in [6.45, 7) is -0.300. The largest absolute Gasteiger partial charge is 0.489 e. The maximum absolute atomic E-state index is 13.0. The van der Waals surface area contributed by atoms with Gasteiger partial charge in [-0.15, -0.1) is 0 Å². The average molecular weight is 476 g/mol. The quantitative estimate of drug-likeness (QED) is 0.615. The third-order valence-electron chi connectivity index (χ3n) is 4.98. The molecule has 1 amide bonds. The van der Waals surface area contributed by atoms with Gasteiger partial charge in [0.15, 0.2) is 0 Å². The molecule has 1 heterocycles. The summed E-state index contributed by atoms with van der Waals surface area (Å²) in [7, 11) is 0. The van der Waals surface area contributed by atoms with Gasteiger partial charge in [-0.25, -0.2) is 0 Å². The van der Waals surface area contributed by atoms with E-state index in [1.54, 1.807) is 0 Å². The number of rotatable bonds is 6. The van der Waals surface area contributed by atoms with Crippen LogP contribution in [-0.2, 0) is 35.0 Å². The van der Waals surface area contributed by atoms with Gasteiger partial charge >= 0.3 is 18.3 Å². The Morgan fingerprint density at radius 2 is 1.64 bits per heavy atom. The summed E-state index contributed by atoms with van der Waals surface area (Å²) in [4.78, 5) is 24.5. The second-order valence-electron chi connectivity index (χ2n) is 7.44. The highest BCUT2D eigenvalue weighted by atomic mass is 19.4. The minimum Gasteiger partial charge on any atom is -0.489 e. The van der Waals surface area contributed by atoms with Crippen molar-refractivity contribution >= 4 is 17.6 Å². The molecule has 2 aromatic rings. The van der Waals surface area contributed by atoms with Crippen molar-refractivity contribution in [2.45, 2.75) is 37.8 Å². The Morgan fingerprint density at radius 3 is 2.18 bits per heavy atom. The Kier molecular flexibility index (Phi) is 6.59. The van der Waals surface area contributed by atoms with E-state index >= 15 is 0 Å². The number of fused-ring (bicyclic) bond motifs is 1. The molecular weight excluding hydrogens is 458 g/mol. The molecule has 0 aliphatic carbocycles. The lowest BCUT2D eigenvalue weighted by atomic mass is 10.1. The van der Waals surface area contributed by atoms with E-state index in [-0.39, 0.29) is 23.9 Å². The highest BCUT2D eigenvalue weighted by molar-refractivity contribution is 6.00. The first-order valence-corrected chi connectivity index (χ1v) is 9.58. The molecule has 0 radical (unpaired) electrons. The highest BCUT2D eigenvalue weighted by Crippen LogP contribution is 2.37. The van der Waals surface area contributed by atoms with Gasteiger partial charge < -0.3 is 20.5 Å². The van der Waals surface area contributed by atoms with Crippen molar-refractivity contribution in [3.05, 3.63) is 58.7 Å². The number of amides is 1. The molecule has 0 bridgehead atoms. The lowest BCUT2D eigenvalue weighted by molar-refractivity contribution is -0.143. The minimum absolute atomic E-state index is 0.0412. The van der Waals surface area contributed by atoms with Crippen molar-refractivity contribution < 1.29 is 45.8 Å². The van der Waals surface area contributed by atoms with E-state index in [0.29, 0.717) is 29.8 Å². The fourth-order valence-corrected chi connectivity index (χ4v) is 3.44. The summed E-state index contributed by atoms with van der Waals surface area (Å²) in [6, 6.07) is 4.41. The van der Waals surface area contributed by atoms with Crippen LogP contribution in [0.4, 0.5) is 32.0 Å². The molecular formula is C21H18F6N2O4. The van der Waals surface area contributed by atoms with E-state index in [4.69, 9.17) is 15.6 Å². The average Bonchev–Trinajstić information content (AvgIpc) is 3.12. The first kappa shape index (κ1) is 24.4. The van der Waals surface area contributed by atoms with Gasteiger partial charge in [-0.1, -0.05) is 0 Å². The van der Waals surface area contributed by atoms with Crippen LogP contribution in [0.25, 0.3) is 0 Å². The SMILES string of the molecule is N[C@H](CC(=O)O)C(=O)N1CCc2cc(OCc3cc(C(F)(F)F)cc(C(F)(F)F)c3)ccc21. The van der Waals surface area contributed by atoms with Gasteiger partial charge in [-0.2, -0.15) is 26.3 Å². The van der Waals surface area contributed by atoms with Crippen LogP contribution < -0.4 is 15.4 Å². The predicted octanol–water partition coefficient (Wildman–Crippen LogP) is 3.99. The van der Waals surface area contributed by atoms with Crippen LogP contribution in [0.5, 0.6) is 5.75 Å². The zero-order valence-corrected chi connectivity index (χ0v) is 16.8. The number of aliphatic carboxylic acids is 1. The summed E-state index contributed by atoms with van der Waals surface area (Å²) >= 11 is 0. The van der Waals surface area contributed by atoms with Crippen LogP contribution in [0.1, 0.15) is 28.7 Å². The van der Waals surface area contributed by atoms with Gasteiger partial charge in [0.1, 0.15) is 12.4 Å². The van der Waals surface area contributed by atoms with Crippen LogP contribution in [-0.4, -0.2) is 29.6 Å². The molecule has 0 saturated carbocycles. The highest BCUT2D eigenvalue weighted by Gasteiger charge is 2.37. The molecule has 0 unspecified atom stereocenters. The third-order valence-corrected chi connectivity index (χ3v) is 4.98. The molecule has 0 saturated heterocycles. The van der Waals surface area contributed by atoms with Crippen molar-refractivity contribution in [2.24, 2.45) is 5.73 Å². The Labute approximate surface area is 183 Å². The van der Waals surface area contributed by atoms with Crippen LogP contribution in [0.2, 0.25) is 0 Å². The normalized spacial score (nSPS) is 14.7. The minimum atomic E-state index is -4.96. The first-order valence-electron chi connectivity index (χ1n) is 9.58. The number of alkyl halides is 6. The van der Waals surface area contributed by atoms with Crippen molar-refractivity contribution in [1.82, 2.24) is 0 Å². The number of anilines is 1.